The first kappa shape index (κ1) is 21.6. The number of likely N-dealkylation sites (N-methyl/N-ethyl adjacent to an activating group) is 1. The Balaban J connectivity index is 1.71. The molecular weight excluding hydrogens is 416 g/mol. The van der Waals surface area contributed by atoms with Gasteiger partial charge in [0, 0.05) is 31.7 Å². The molecule has 1 heterocycles. The molecule has 1 amide bonds. The normalized spacial score (nSPS) is 15.1. The molecule has 0 bridgehead atoms. The van der Waals surface area contributed by atoms with Crippen molar-refractivity contribution in [3.63, 3.8) is 0 Å². The van der Waals surface area contributed by atoms with Crippen LogP contribution in [0, 0.1) is 0 Å². The van der Waals surface area contributed by atoms with Crippen molar-refractivity contribution in [3.05, 3.63) is 59.1 Å². The van der Waals surface area contributed by atoms with Crippen LogP contribution >= 0.6 is 11.6 Å². The Bertz CT molecular complexity index is 947. The van der Waals surface area contributed by atoms with E-state index < -0.39 is 10.0 Å². The number of morpholine rings is 1. The highest BCUT2D eigenvalue weighted by molar-refractivity contribution is 7.89. The third-order valence-corrected chi connectivity index (χ3v) is 6.69. The van der Waals surface area contributed by atoms with Crippen molar-refractivity contribution < 1.29 is 22.7 Å². The summed E-state index contributed by atoms with van der Waals surface area (Å²) in [5.74, 6) is -0.166. The maximum Gasteiger partial charge on any atom is 0.260 e. The quantitative estimate of drug-likeness (QED) is 0.663. The minimum atomic E-state index is -3.81. The molecule has 0 aliphatic carbocycles. The first-order chi connectivity index (χ1) is 13.9. The molecule has 29 heavy (non-hydrogen) atoms. The molecule has 7 nitrogen and oxygen atoms in total. The highest BCUT2D eigenvalue weighted by atomic mass is 35.5. The molecule has 2 aromatic rings. The summed E-state index contributed by atoms with van der Waals surface area (Å²) in [5.41, 5.74) is 0.991. The third kappa shape index (κ3) is 5.48. The number of carbonyl (C=O) groups is 1. The number of rotatable bonds is 7. The highest BCUT2D eigenvalue weighted by Crippen LogP contribution is 2.30. The number of hydrogen-bond acceptors (Lipinski definition) is 5. The molecule has 156 valence electrons. The van der Waals surface area contributed by atoms with Gasteiger partial charge in [-0.25, -0.2) is 8.42 Å². The van der Waals surface area contributed by atoms with Crippen molar-refractivity contribution in [1.29, 1.82) is 0 Å². The van der Waals surface area contributed by atoms with Crippen LogP contribution in [0.2, 0.25) is 5.02 Å². The predicted molar refractivity (Wildman–Crippen MR) is 109 cm³/mol. The number of sulfonamides is 1. The van der Waals surface area contributed by atoms with Gasteiger partial charge in [0.25, 0.3) is 5.91 Å². The minimum Gasteiger partial charge on any atom is -0.482 e. The zero-order valence-corrected chi connectivity index (χ0v) is 17.7. The maximum atomic E-state index is 13.0. The summed E-state index contributed by atoms with van der Waals surface area (Å²) in [6, 6.07) is 13.9. The summed E-state index contributed by atoms with van der Waals surface area (Å²) in [7, 11) is -2.14. The molecule has 1 fully saturated rings. The van der Waals surface area contributed by atoms with Crippen LogP contribution in [0.1, 0.15) is 5.56 Å². The van der Waals surface area contributed by atoms with Crippen LogP contribution in [0.5, 0.6) is 5.75 Å². The first-order valence-corrected chi connectivity index (χ1v) is 11.0. The Kier molecular flexibility index (Phi) is 7.13. The fraction of sp³-hybridized carbons (Fsp3) is 0.350. The van der Waals surface area contributed by atoms with Gasteiger partial charge in [0.05, 0.1) is 13.2 Å². The lowest BCUT2D eigenvalue weighted by atomic mass is 10.2. The van der Waals surface area contributed by atoms with Crippen LogP contribution in [0.15, 0.2) is 53.4 Å². The van der Waals surface area contributed by atoms with E-state index in [9.17, 15) is 13.2 Å². The van der Waals surface area contributed by atoms with Gasteiger partial charge in [0.15, 0.2) is 6.61 Å². The molecule has 0 N–H and O–H groups in total. The smallest absolute Gasteiger partial charge is 0.260 e. The second-order valence-corrected chi connectivity index (χ2v) is 8.97. The van der Waals surface area contributed by atoms with E-state index in [0.717, 1.165) is 5.56 Å². The molecule has 1 saturated heterocycles. The largest absolute Gasteiger partial charge is 0.482 e. The molecule has 1 aliphatic rings. The topological polar surface area (TPSA) is 76.2 Å². The summed E-state index contributed by atoms with van der Waals surface area (Å²) in [4.78, 5) is 13.9. The average Bonchev–Trinajstić information content (AvgIpc) is 2.74. The third-order valence-electron chi connectivity index (χ3n) is 4.53. The summed E-state index contributed by atoms with van der Waals surface area (Å²) in [5, 5.41) is 0.275. The number of benzene rings is 2. The summed E-state index contributed by atoms with van der Waals surface area (Å²) < 4.78 is 38.2. The molecule has 0 aromatic heterocycles. The van der Waals surface area contributed by atoms with Gasteiger partial charge in [-0.05, 0) is 23.8 Å². The van der Waals surface area contributed by atoms with Gasteiger partial charge in [0.2, 0.25) is 10.0 Å². The molecule has 3 rings (SSSR count). The van der Waals surface area contributed by atoms with Crippen LogP contribution in [-0.4, -0.2) is 63.5 Å². The number of carbonyl (C=O) groups excluding carboxylic acids is 1. The van der Waals surface area contributed by atoms with Crippen LogP contribution < -0.4 is 4.74 Å². The minimum absolute atomic E-state index is 0.0505. The monoisotopic (exact) mass is 438 g/mol. The van der Waals surface area contributed by atoms with Gasteiger partial charge < -0.3 is 14.4 Å². The van der Waals surface area contributed by atoms with Crippen molar-refractivity contribution in [2.45, 2.75) is 11.4 Å². The van der Waals surface area contributed by atoms with E-state index in [4.69, 9.17) is 21.1 Å². The number of amides is 1. The maximum absolute atomic E-state index is 13.0. The van der Waals surface area contributed by atoms with Crippen molar-refractivity contribution in [3.8, 4) is 5.75 Å². The number of halogens is 1. The van der Waals surface area contributed by atoms with Gasteiger partial charge in [-0.1, -0.05) is 41.9 Å². The van der Waals surface area contributed by atoms with Gasteiger partial charge >= 0.3 is 0 Å². The van der Waals surface area contributed by atoms with E-state index >= 15 is 0 Å². The van der Waals surface area contributed by atoms with Crippen molar-refractivity contribution >= 4 is 27.5 Å². The molecule has 0 atom stereocenters. The Morgan fingerprint density at radius 3 is 2.55 bits per heavy atom. The molecule has 1 aliphatic heterocycles. The molecule has 0 spiro atoms. The Morgan fingerprint density at radius 2 is 1.86 bits per heavy atom. The standard InChI is InChI=1S/C20H23ClN2O5S/c1-22(14-16-5-3-2-4-6-16)20(24)15-28-18-8-7-17(21)13-19(18)29(25,26)23-9-11-27-12-10-23/h2-8,13H,9-12,14-15H2,1H3. The van der Waals surface area contributed by atoms with Crippen LogP contribution in [0.4, 0.5) is 0 Å². The lowest BCUT2D eigenvalue weighted by molar-refractivity contribution is -0.132. The Labute approximate surface area is 175 Å². The fourth-order valence-electron chi connectivity index (χ4n) is 2.92. The molecule has 0 unspecified atom stereocenters. The summed E-state index contributed by atoms with van der Waals surface area (Å²) >= 11 is 6.03. The van der Waals surface area contributed by atoms with E-state index in [2.05, 4.69) is 0 Å². The molecular formula is C20H23ClN2O5S. The van der Waals surface area contributed by atoms with E-state index in [1.165, 1.54) is 27.4 Å². The van der Waals surface area contributed by atoms with E-state index in [-0.39, 0.29) is 41.3 Å². The zero-order valence-electron chi connectivity index (χ0n) is 16.1. The molecule has 0 radical (unpaired) electrons. The average molecular weight is 439 g/mol. The van der Waals surface area contributed by atoms with Gasteiger partial charge in [-0.2, -0.15) is 4.31 Å². The zero-order chi connectivity index (χ0) is 20.9. The SMILES string of the molecule is CN(Cc1ccccc1)C(=O)COc1ccc(Cl)cc1S(=O)(=O)N1CCOCC1. The van der Waals surface area contributed by atoms with E-state index in [0.29, 0.717) is 19.8 Å². The van der Waals surface area contributed by atoms with Gasteiger partial charge in [0.1, 0.15) is 10.6 Å². The second-order valence-electron chi connectivity index (χ2n) is 6.63. The fourth-order valence-corrected chi connectivity index (χ4v) is 4.73. The van der Waals surface area contributed by atoms with Crippen LogP contribution in [0.25, 0.3) is 0 Å². The summed E-state index contributed by atoms with van der Waals surface area (Å²) in [6.07, 6.45) is 0. The lowest BCUT2D eigenvalue weighted by Crippen LogP contribution is -2.40. The number of ether oxygens (including phenoxy) is 2. The van der Waals surface area contributed by atoms with Crippen LogP contribution in [0.3, 0.4) is 0 Å². The molecule has 9 heteroatoms. The number of nitrogens with zero attached hydrogens (tertiary/aromatic N) is 2. The molecule has 2 aromatic carbocycles. The van der Waals surface area contributed by atoms with Crippen molar-refractivity contribution in [1.82, 2.24) is 9.21 Å². The second kappa shape index (κ2) is 9.58. The highest BCUT2D eigenvalue weighted by Gasteiger charge is 2.30. The number of hydrogen-bond donors (Lipinski definition) is 0. The predicted octanol–water partition coefficient (Wildman–Crippen LogP) is 2.40. The molecule has 0 saturated carbocycles. The van der Waals surface area contributed by atoms with Gasteiger partial charge in [-0.3, -0.25) is 4.79 Å². The van der Waals surface area contributed by atoms with E-state index in [1.807, 2.05) is 30.3 Å². The summed E-state index contributed by atoms with van der Waals surface area (Å²) in [6.45, 7) is 1.33. The first-order valence-electron chi connectivity index (χ1n) is 9.16. The van der Waals surface area contributed by atoms with Crippen molar-refractivity contribution in [2.75, 3.05) is 40.0 Å². The van der Waals surface area contributed by atoms with Crippen LogP contribution in [-0.2, 0) is 26.1 Å². The lowest BCUT2D eigenvalue weighted by Gasteiger charge is -2.27. The van der Waals surface area contributed by atoms with Crippen molar-refractivity contribution in [2.24, 2.45) is 0 Å². The Hall–Kier alpha value is -2.13. The Morgan fingerprint density at radius 1 is 1.17 bits per heavy atom. The van der Waals surface area contributed by atoms with E-state index in [1.54, 1.807) is 7.05 Å². The van der Waals surface area contributed by atoms with Gasteiger partial charge in [-0.15, -0.1) is 0 Å².